The number of rotatable bonds is 2. The third-order valence-corrected chi connectivity index (χ3v) is 3.39. The lowest BCUT2D eigenvalue weighted by molar-refractivity contribution is -0.137. The summed E-state index contributed by atoms with van der Waals surface area (Å²) in [5.41, 5.74) is 0.122. The van der Waals surface area contributed by atoms with Crippen LogP contribution in [0.5, 0.6) is 5.75 Å². The molecule has 0 unspecified atom stereocenters. The van der Waals surface area contributed by atoms with Gasteiger partial charge in [-0.2, -0.15) is 13.2 Å². The molecule has 1 aromatic heterocycles. The number of ether oxygens (including phenoxy) is 1. The van der Waals surface area contributed by atoms with Gasteiger partial charge in [0.1, 0.15) is 11.4 Å². The molecule has 1 N–H and O–H groups in total. The van der Waals surface area contributed by atoms with Gasteiger partial charge in [0, 0.05) is 11.6 Å². The van der Waals surface area contributed by atoms with E-state index in [1.807, 2.05) is 0 Å². The smallest absolute Gasteiger partial charge is 0.416 e. The first kappa shape index (κ1) is 15.1. The minimum Gasteiger partial charge on any atom is -0.497 e. The Balaban J connectivity index is 2.11. The molecule has 0 amide bonds. The molecule has 118 valence electrons. The van der Waals surface area contributed by atoms with Gasteiger partial charge >= 0.3 is 6.18 Å². The zero-order valence-corrected chi connectivity index (χ0v) is 11.9. The molecule has 7 heteroatoms. The average molecular weight is 320 g/mol. The lowest BCUT2D eigenvalue weighted by Gasteiger charge is -2.08. The van der Waals surface area contributed by atoms with Crippen LogP contribution in [0.25, 0.3) is 22.3 Å². The number of fused-ring (bicyclic) bond motifs is 1. The average Bonchev–Trinajstić information content (AvgIpc) is 2.53. The Hall–Kier alpha value is -2.83. The Morgan fingerprint density at radius 1 is 1.09 bits per heavy atom. The number of benzene rings is 2. The van der Waals surface area contributed by atoms with Gasteiger partial charge in [-0.1, -0.05) is 12.1 Å². The summed E-state index contributed by atoms with van der Waals surface area (Å²) in [6, 6.07) is 9.27. The molecule has 23 heavy (non-hydrogen) atoms. The van der Waals surface area contributed by atoms with Gasteiger partial charge in [-0.3, -0.25) is 4.79 Å². The van der Waals surface area contributed by atoms with Gasteiger partial charge in [0.15, 0.2) is 0 Å². The SMILES string of the molecule is COc1ccc2[nH]c(=O)c(-c3ccc(C(F)(F)F)cc3)nc2c1. The molecule has 0 bridgehead atoms. The van der Waals surface area contributed by atoms with Crippen molar-refractivity contribution in [3.8, 4) is 17.0 Å². The molecule has 3 rings (SSSR count). The molecular formula is C16H11F3N2O2. The van der Waals surface area contributed by atoms with E-state index in [2.05, 4.69) is 9.97 Å². The van der Waals surface area contributed by atoms with Gasteiger partial charge in [-0.15, -0.1) is 0 Å². The highest BCUT2D eigenvalue weighted by molar-refractivity contribution is 5.78. The zero-order chi connectivity index (χ0) is 16.6. The van der Waals surface area contributed by atoms with Crippen molar-refractivity contribution in [3.05, 3.63) is 58.4 Å². The van der Waals surface area contributed by atoms with Crippen molar-refractivity contribution >= 4 is 11.0 Å². The van der Waals surface area contributed by atoms with Crippen molar-refractivity contribution in [3.63, 3.8) is 0 Å². The van der Waals surface area contributed by atoms with E-state index in [0.29, 0.717) is 22.3 Å². The number of aromatic nitrogens is 2. The summed E-state index contributed by atoms with van der Waals surface area (Å²) in [5.74, 6) is 0.565. The number of nitrogens with zero attached hydrogens (tertiary/aromatic N) is 1. The molecule has 0 radical (unpaired) electrons. The van der Waals surface area contributed by atoms with Crippen LogP contribution < -0.4 is 10.3 Å². The quantitative estimate of drug-likeness (QED) is 0.784. The normalized spacial score (nSPS) is 11.7. The maximum atomic E-state index is 12.6. The molecule has 0 aliphatic heterocycles. The predicted octanol–water partition coefficient (Wildman–Crippen LogP) is 3.62. The maximum Gasteiger partial charge on any atom is 0.416 e. The molecule has 0 aliphatic carbocycles. The molecule has 0 saturated heterocycles. The van der Waals surface area contributed by atoms with Crippen LogP contribution in [0.2, 0.25) is 0 Å². The Morgan fingerprint density at radius 2 is 1.78 bits per heavy atom. The van der Waals surface area contributed by atoms with Gasteiger partial charge in [-0.05, 0) is 24.3 Å². The fourth-order valence-electron chi connectivity index (χ4n) is 2.20. The largest absolute Gasteiger partial charge is 0.497 e. The third-order valence-electron chi connectivity index (χ3n) is 3.39. The molecule has 2 aromatic carbocycles. The molecule has 1 heterocycles. The molecule has 0 aliphatic rings. The van der Waals surface area contributed by atoms with Gasteiger partial charge in [0.05, 0.1) is 23.7 Å². The predicted molar refractivity (Wildman–Crippen MR) is 79.4 cm³/mol. The summed E-state index contributed by atoms with van der Waals surface area (Å²) in [4.78, 5) is 19.0. The summed E-state index contributed by atoms with van der Waals surface area (Å²) < 4.78 is 42.9. The van der Waals surface area contributed by atoms with Crippen molar-refractivity contribution in [2.24, 2.45) is 0 Å². The Morgan fingerprint density at radius 3 is 2.39 bits per heavy atom. The van der Waals surface area contributed by atoms with Crippen molar-refractivity contribution in [1.82, 2.24) is 9.97 Å². The second-order valence-electron chi connectivity index (χ2n) is 4.87. The standard InChI is InChI=1S/C16H11F3N2O2/c1-23-11-6-7-12-13(8-11)20-14(15(22)21-12)9-2-4-10(5-3-9)16(17,18)19/h2-8H,1H3,(H,21,22). The second kappa shape index (κ2) is 5.42. The number of hydrogen-bond donors (Lipinski definition) is 1. The van der Waals surface area contributed by atoms with E-state index in [-0.39, 0.29) is 5.69 Å². The zero-order valence-electron chi connectivity index (χ0n) is 11.9. The number of halogens is 3. The number of methoxy groups -OCH3 is 1. The number of hydrogen-bond acceptors (Lipinski definition) is 3. The van der Waals surface area contributed by atoms with E-state index < -0.39 is 17.3 Å². The summed E-state index contributed by atoms with van der Waals surface area (Å²) in [5, 5.41) is 0. The van der Waals surface area contributed by atoms with Gasteiger partial charge < -0.3 is 9.72 Å². The van der Waals surface area contributed by atoms with Crippen LogP contribution in [-0.2, 0) is 6.18 Å². The molecule has 0 saturated carbocycles. The van der Waals surface area contributed by atoms with E-state index >= 15 is 0 Å². The van der Waals surface area contributed by atoms with Crippen LogP contribution in [0, 0.1) is 0 Å². The summed E-state index contributed by atoms with van der Waals surface area (Å²) in [6.45, 7) is 0. The van der Waals surface area contributed by atoms with Gasteiger partial charge in [0.25, 0.3) is 5.56 Å². The first-order chi connectivity index (χ1) is 10.9. The fourth-order valence-corrected chi connectivity index (χ4v) is 2.20. The Labute approximate surface area is 128 Å². The highest BCUT2D eigenvalue weighted by atomic mass is 19.4. The highest BCUT2D eigenvalue weighted by Gasteiger charge is 2.30. The number of alkyl halides is 3. The Bertz CT molecular complexity index is 915. The van der Waals surface area contributed by atoms with E-state index in [1.54, 1.807) is 18.2 Å². The number of aromatic amines is 1. The molecule has 3 aromatic rings. The molecule has 0 atom stereocenters. The first-order valence-corrected chi connectivity index (χ1v) is 6.64. The van der Waals surface area contributed by atoms with Crippen LogP contribution in [-0.4, -0.2) is 17.1 Å². The van der Waals surface area contributed by atoms with Crippen LogP contribution in [0.4, 0.5) is 13.2 Å². The maximum absolute atomic E-state index is 12.6. The summed E-state index contributed by atoms with van der Waals surface area (Å²) >= 11 is 0. The first-order valence-electron chi connectivity index (χ1n) is 6.64. The monoisotopic (exact) mass is 320 g/mol. The lowest BCUT2D eigenvalue weighted by Crippen LogP contribution is -2.12. The number of nitrogens with one attached hydrogen (secondary N) is 1. The van der Waals surface area contributed by atoms with Gasteiger partial charge in [0.2, 0.25) is 0 Å². The van der Waals surface area contributed by atoms with Crippen molar-refractivity contribution in [2.75, 3.05) is 7.11 Å². The van der Waals surface area contributed by atoms with Crippen LogP contribution in [0.15, 0.2) is 47.3 Å². The number of H-pyrrole nitrogens is 1. The van der Waals surface area contributed by atoms with E-state index in [4.69, 9.17) is 4.74 Å². The molecular weight excluding hydrogens is 309 g/mol. The minimum atomic E-state index is -4.42. The van der Waals surface area contributed by atoms with E-state index in [1.165, 1.54) is 19.2 Å². The molecule has 0 fully saturated rings. The van der Waals surface area contributed by atoms with Crippen LogP contribution in [0.1, 0.15) is 5.56 Å². The van der Waals surface area contributed by atoms with Crippen molar-refractivity contribution in [2.45, 2.75) is 6.18 Å². The Kier molecular flexibility index (Phi) is 3.55. The summed E-state index contributed by atoms with van der Waals surface area (Å²) in [6.07, 6.45) is -4.42. The van der Waals surface area contributed by atoms with Crippen LogP contribution >= 0.6 is 0 Å². The highest BCUT2D eigenvalue weighted by Crippen LogP contribution is 2.30. The summed E-state index contributed by atoms with van der Waals surface area (Å²) in [7, 11) is 1.50. The third kappa shape index (κ3) is 2.90. The fraction of sp³-hybridized carbons (Fsp3) is 0.125. The minimum absolute atomic E-state index is 0.0551. The topological polar surface area (TPSA) is 55.0 Å². The van der Waals surface area contributed by atoms with Crippen molar-refractivity contribution < 1.29 is 17.9 Å². The lowest BCUT2D eigenvalue weighted by atomic mass is 10.1. The van der Waals surface area contributed by atoms with Crippen LogP contribution in [0.3, 0.4) is 0 Å². The van der Waals surface area contributed by atoms with E-state index in [0.717, 1.165) is 12.1 Å². The molecule has 0 spiro atoms. The molecule has 4 nitrogen and oxygen atoms in total. The second-order valence-corrected chi connectivity index (χ2v) is 4.87. The van der Waals surface area contributed by atoms with Gasteiger partial charge in [-0.25, -0.2) is 4.98 Å². The van der Waals surface area contributed by atoms with E-state index in [9.17, 15) is 18.0 Å². The van der Waals surface area contributed by atoms with Crippen molar-refractivity contribution in [1.29, 1.82) is 0 Å².